The maximum absolute atomic E-state index is 6.15. The van der Waals surface area contributed by atoms with Crippen molar-refractivity contribution >= 4 is 34.8 Å². The van der Waals surface area contributed by atoms with Gasteiger partial charge in [0.1, 0.15) is 0 Å². The summed E-state index contributed by atoms with van der Waals surface area (Å²) in [6.07, 6.45) is 2.81. The number of hydrogen-bond donors (Lipinski definition) is 0. The highest BCUT2D eigenvalue weighted by atomic mass is 35.5. The molecule has 3 aromatic rings. The molecule has 0 radical (unpaired) electrons. The van der Waals surface area contributed by atoms with Gasteiger partial charge < -0.3 is 4.57 Å². The molecule has 0 saturated heterocycles. The quantitative estimate of drug-likeness (QED) is 0.633. The first kappa shape index (κ1) is 13.8. The molecular formula is C17H16ClN3. The standard InChI is InChI=1S/C17H16ClN3/c1-2-11-21-16-10-6-5-9-15(16)20-17(21)19-12-13-7-3-4-8-14(13)18/h3-10,12H,2,11H2,1H3/b19-12+. The summed E-state index contributed by atoms with van der Waals surface area (Å²) in [5, 5.41) is 0.694. The Morgan fingerprint density at radius 2 is 1.90 bits per heavy atom. The van der Waals surface area contributed by atoms with E-state index in [-0.39, 0.29) is 0 Å². The normalized spacial score (nSPS) is 11.5. The smallest absolute Gasteiger partial charge is 0.230 e. The first-order valence-corrected chi connectivity index (χ1v) is 7.41. The number of nitrogens with zero attached hydrogens (tertiary/aromatic N) is 3. The predicted molar refractivity (Wildman–Crippen MR) is 88.7 cm³/mol. The van der Waals surface area contributed by atoms with Crippen LogP contribution in [-0.4, -0.2) is 15.8 Å². The largest absolute Gasteiger partial charge is 0.308 e. The van der Waals surface area contributed by atoms with Crippen LogP contribution in [0.5, 0.6) is 0 Å². The molecule has 106 valence electrons. The van der Waals surface area contributed by atoms with Crippen LogP contribution in [-0.2, 0) is 6.54 Å². The van der Waals surface area contributed by atoms with Gasteiger partial charge in [-0.1, -0.05) is 48.9 Å². The summed E-state index contributed by atoms with van der Waals surface area (Å²) in [7, 11) is 0. The van der Waals surface area contributed by atoms with E-state index in [0.29, 0.717) is 5.02 Å². The van der Waals surface area contributed by atoms with Crippen LogP contribution in [0.4, 0.5) is 5.95 Å². The van der Waals surface area contributed by atoms with Crippen LogP contribution in [0.25, 0.3) is 11.0 Å². The number of aromatic nitrogens is 2. The van der Waals surface area contributed by atoms with E-state index in [1.807, 2.05) is 42.5 Å². The molecule has 0 amide bonds. The summed E-state index contributed by atoms with van der Waals surface area (Å²) >= 11 is 6.15. The molecule has 0 bridgehead atoms. The zero-order valence-electron chi connectivity index (χ0n) is 11.8. The van der Waals surface area contributed by atoms with Crippen molar-refractivity contribution in [2.45, 2.75) is 19.9 Å². The molecule has 1 heterocycles. The van der Waals surface area contributed by atoms with Gasteiger partial charge in [0.2, 0.25) is 5.95 Å². The molecule has 1 aromatic heterocycles. The molecule has 2 aromatic carbocycles. The molecule has 0 spiro atoms. The average molecular weight is 298 g/mol. The highest BCUT2D eigenvalue weighted by molar-refractivity contribution is 6.33. The van der Waals surface area contributed by atoms with Gasteiger partial charge >= 0.3 is 0 Å². The van der Waals surface area contributed by atoms with E-state index in [0.717, 1.165) is 35.5 Å². The molecular weight excluding hydrogens is 282 g/mol. The Morgan fingerprint density at radius 1 is 1.14 bits per heavy atom. The van der Waals surface area contributed by atoms with E-state index in [1.165, 1.54) is 0 Å². The minimum absolute atomic E-state index is 0.694. The van der Waals surface area contributed by atoms with E-state index in [4.69, 9.17) is 11.6 Å². The average Bonchev–Trinajstić information content (AvgIpc) is 2.85. The third-order valence-corrected chi connectivity index (χ3v) is 3.65. The molecule has 0 saturated carbocycles. The second kappa shape index (κ2) is 6.10. The van der Waals surface area contributed by atoms with Crippen LogP contribution in [0, 0.1) is 0 Å². The van der Waals surface area contributed by atoms with Crippen LogP contribution in [0.15, 0.2) is 53.5 Å². The number of imidazole rings is 1. The zero-order chi connectivity index (χ0) is 14.7. The number of rotatable bonds is 4. The molecule has 3 rings (SSSR count). The Hall–Kier alpha value is -2.13. The van der Waals surface area contributed by atoms with Gasteiger partial charge in [-0.3, -0.25) is 0 Å². The topological polar surface area (TPSA) is 30.2 Å². The first-order chi connectivity index (χ1) is 10.3. The monoisotopic (exact) mass is 297 g/mol. The Morgan fingerprint density at radius 3 is 2.71 bits per heavy atom. The molecule has 0 fully saturated rings. The van der Waals surface area contributed by atoms with Crippen LogP contribution in [0.1, 0.15) is 18.9 Å². The van der Waals surface area contributed by atoms with Crippen molar-refractivity contribution in [3.8, 4) is 0 Å². The highest BCUT2D eigenvalue weighted by Gasteiger charge is 2.08. The van der Waals surface area contributed by atoms with Crippen LogP contribution in [0.3, 0.4) is 0 Å². The molecule has 0 atom stereocenters. The van der Waals surface area contributed by atoms with Gasteiger partial charge in [-0.05, 0) is 24.6 Å². The van der Waals surface area contributed by atoms with Crippen LogP contribution < -0.4 is 0 Å². The van der Waals surface area contributed by atoms with Crippen molar-refractivity contribution in [2.75, 3.05) is 0 Å². The summed E-state index contributed by atoms with van der Waals surface area (Å²) in [6, 6.07) is 15.8. The fourth-order valence-corrected chi connectivity index (χ4v) is 2.50. The van der Waals surface area contributed by atoms with Crippen molar-refractivity contribution in [3.63, 3.8) is 0 Å². The van der Waals surface area contributed by atoms with Crippen molar-refractivity contribution in [3.05, 3.63) is 59.1 Å². The fourth-order valence-electron chi connectivity index (χ4n) is 2.31. The number of aliphatic imine (C=N–C) groups is 1. The maximum Gasteiger partial charge on any atom is 0.230 e. The summed E-state index contributed by atoms with van der Waals surface area (Å²) in [5.41, 5.74) is 2.98. The van der Waals surface area contributed by atoms with E-state index in [1.54, 1.807) is 6.21 Å². The number of benzene rings is 2. The van der Waals surface area contributed by atoms with E-state index in [9.17, 15) is 0 Å². The molecule has 21 heavy (non-hydrogen) atoms. The van der Waals surface area contributed by atoms with E-state index < -0.39 is 0 Å². The fraction of sp³-hybridized carbons (Fsp3) is 0.176. The predicted octanol–water partition coefficient (Wildman–Crippen LogP) is 4.85. The van der Waals surface area contributed by atoms with Gasteiger partial charge in [0.15, 0.2) is 0 Å². The van der Waals surface area contributed by atoms with Gasteiger partial charge in [-0.15, -0.1) is 0 Å². The molecule has 3 nitrogen and oxygen atoms in total. The summed E-state index contributed by atoms with van der Waals surface area (Å²) < 4.78 is 2.14. The summed E-state index contributed by atoms with van der Waals surface area (Å²) in [6.45, 7) is 3.05. The number of para-hydroxylation sites is 2. The second-order valence-electron chi connectivity index (χ2n) is 4.83. The SMILES string of the molecule is CCCn1c(/N=C/c2ccccc2Cl)nc2ccccc21. The van der Waals surface area contributed by atoms with Crippen molar-refractivity contribution in [1.29, 1.82) is 0 Å². The molecule has 0 aliphatic rings. The van der Waals surface area contributed by atoms with Crippen molar-refractivity contribution in [2.24, 2.45) is 4.99 Å². The lowest BCUT2D eigenvalue weighted by atomic mass is 10.2. The Labute approximate surface area is 128 Å². The van der Waals surface area contributed by atoms with E-state index >= 15 is 0 Å². The maximum atomic E-state index is 6.15. The molecule has 0 aliphatic carbocycles. The Balaban J connectivity index is 2.04. The molecule has 0 aliphatic heterocycles. The zero-order valence-corrected chi connectivity index (χ0v) is 12.6. The number of hydrogen-bond acceptors (Lipinski definition) is 2. The van der Waals surface area contributed by atoms with E-state index in [2.05, 4.69) is 27.5 Å². The third kappa shape index (κ3) is 2.83. The number of fused-ring (bicyclic) bond motifs is 1. The van der Waals surface area contributed by atoms with Crippen molar-refractivity contribution < 1.29 is 0 Å². The number of halogens is 1. The molecule has 0 N–H and O–H groups in total. The van der Waals surface area contributed by atoms with Gasteiger partial charge in [-0.2, -0.15) is 0 Å². The minimum Gasteiger partial charge on any atom is -0.308 e. The number of aryl methyl sites for hydroxylation is 1. The Kier molecular flexibility index (Phi) is 4.02. The van der Waals surface area contributed by atoms with Crippen LogP contribution >= 0.6 is 11.6 Å². The van der Waals surface area contributed by atoms with Gasteiger partial charge in [0.25, 0.3) is 0 Å². The first-order valence-electron chi connectivity index (χ1n) is 7.03. The minimum atomic E-state index is 0.694. The lowest BCUT2D eigenvalue weighted by molar-refractivity contribution is 0.701. The third-order valence-electron chi connectivity index (χ3n) is 3.31. The van der Waals surface area contributed by atoms with Gasteiger partial charge in [-0.25, -0.2) is 9.98 Å². The Bertz CT molecular complexity index is 790. The van der Waals surface area contributed by atoms with Crippen molar-refractivity contribution in [1.82, 2.24) is 9.55 Å². The summed E-state index contributed by atoms with van der Waals surface area (Å²) in [5.74, 6) is 0.720. The molecule has 0 unspecified atom stereocenters. The second-order valence-corrected chi connectivity index (χ2v) is 5.24. The van der Waals surface area contributed by atoms with Gasteiger partial charge in [0, 0.05) is 23.3 Å². The summed E-state index contributed by atoms with van der Waals surface area (Å²) in [4.78, 5) is 9.13. The molecule has 4 heteroatoms. The van der Waals surface area contributed by atoms with Crippen LogP contribution in [0.2, 0.25) is 5.02 Å². The lowest BCUT2D eigenvalue weighted by Crippen LogP contribution is -1.96. The highest BCUT2D eigenvalue weighted by Crippen LogP contribution is 2.22. The van der Waals surface area contributed by atoms with Gasteiger partial charge in [0.05, 0.1) is 11.0 Å². The lowest BCUT2D eigenvalue weighted by Gasteiger charge is -2.03.